The Bertz CT molecular complexity index is 951. The minimum Gasteiger partial charge on any atom is -0.370 e. The summed E-state index contributed by atoms with van der Waals surface area (Å²) in [6.45, 7) is 12.4. The second-order valence-electron chi connectivity index (χ2n) is 8.87. The van der Waals surface area contributed by atoms with E-state index < -0.39 is 0 Å². The number of amides is 1. The number of carbonyl (C=O) groups excluding carboxylic acids is 1. The minimum atomic E-state index is -0.0679. The summed E-state index contributed by atoms with van der Waals surface area (Å²) in [5.74, 6) is 2.17. The third kappa shape index (κ3) is 6.44. The van der Waals surface area contributed by atoms with Gasteiger partial charge < -0.3 is 19.8 Å². The number of piperazine rings is 1. The van der Waals surface area contributed by atoms with Crippen molar-refractivity contribution < 1.29 is 4.79 Å². The van der Waals surface area contributed by atoms with E-state index in [4.69, 9.17) is 11.6 Å². The SMILES string of the molecule is C.CC.CSNc1ccn(C(=O)N2CCN(Cc3ccc(Cl)c(N4CC5CNCC5C4)c3)CC2)n1. The number of carbonyl (C=O) groups is 1. The van der Waals surface area contributed by atoms with Crippen molar-refractivity contribution >= 4 is 41.1 Å². The highest BCUT2D eigenvalue weighted by Crippen LogP contribution is 2.35. The number of halogens is 1. The highest BCUT2D eigenvalue weighted by atomic mass is 35.5. The topological polar surface area (TPSA) is 68.7 Å². The molecule has 3 aliphatic rings. The number of anilines is 2. The van der Waals surface area contributed by atoms with E-state index in [2.05, 4.69) is 37.1 Å². The molecule has 0 bridgehead atoms. The van der Waals surface area contributed by atoms with Crippen LogP contribution in [0.2, 0.25) is 5.02 Å². The van der Waals surface area contributed by atoms with Gasteiger partial charge in [0, 0.05) is 77.4 Å². The van der Waals surface area contributed by atoms with E-state index in [1.807, 2.05) is 37.1 Å². The van der Waals surface area contributed by atoms with E-state index >= 15 is 0 Å². The predicted molar refractivity (Wildman–Crippen MR) is 149 cm³/mol. The molecule has 0 saturated carbocycles. The third-order valence-electron chi connectivity index (χ3n) is 6.78. The van der Waals surface area contributed by atoms with Crippen LogP contribution in [0.15, 0.2) is 30.5 Å². The van der Waals surface area contributed by atoms with Gasteiger partial charge in [0.25, 0.3) is 0 Å². The zero-order chi connectivity index (χ0) is 24.1. The molecule has 2 aromatic rings. The largest absolute Gasteiger partial charge is 0.370 e. The molecule has 0 spiro atoms. The van der Waals surface area contributed by atoms with E-state index in [1.54, 1.807) is 6.20 Å². The summed E-state index contributed by atoms with van der Waals surface area (Å²) in [5.41, 5.74) is 2.44. The molecule has 194 valence electrons. The Hall–Kier alpha value is -1.94. The number of benzene rings is 1. The number of hydrogen-bond donors (Lipinski definition) is 2. The van der Waals surface area contributed by atoms with E-state index in [9.17, 15) is 4.79 Å². The molecule has 2 atom stereocenters. The zero-order valence-corrected chi connectivity index (χ0v) is 21.9. The second kappa shape index (κ2) is 12.9. The fraction of sp³-hybridized carbons (Fsp3) is 0.600. The zero-order valence-electron chi connectivity index (χ0n) is 20.3. The van der Waals surface area contributed by atoms with Crippen LogP contribution in [0.25, 0.3) is 0 Å². The summed E-state index contributed by atoms with van der Waals surface area (Å²) in [6, 6.07) is 8.18. The third-order valence-corrected chi connectivity index (χ3v) is 7.51. The van der Waals surface area contributed by atoms with Crippen LogP contribution in [0.4, 0.5) is 16.3 Å². The Morgan fingerprint density at radius 1 is 1.14 bits per heavy atom. The Morgan fingerprint density at radius 3 is 2.49 bits per heavy atom. The van der Waals surface area contributed by atoms with Crippen molar-refractivity contribution in [2.24, 2.45) is 11.8 Å². The lowest BCUT2D eigenvalue weighted by atomic mass is 10.0. The summed E-state index contributed by atoms with van der Waals surface area (Å²) in [5, 5.41) is 8.64. The molecule has 3 saturated heterocycles. The number of fused-ring (bicyclic) bond motifs is 1. The first kappa shape index (κ1) is 27.6. The number of nitrogens with one attached hydrogen (secondary N) is 2. The van der Waals surface area contributed by atoms with Gasteiger partial charge >= 0.3 is 6.03 Å². The van der Waals surface area contributed by atoms with Gasteiger partial charge in [-0.25, -0.2) is 4.79 Å². The molecular weight excluding hydrogens is 482 g/mol. The van der Waals surface area contributed by atoms with Crippen LogP contribution in [0.1, 0.15) is 26.8 Å². The molecule has 1 amide bonds. The summed E-state index contributed by atoms with van der Waals surface area (Å²) < 4.78 is 4.47. The van der Waals surface area contributed by atoms with Gasteiger partial charge in [0.2, 0.25) is 0 Å². The summed E-state index contributed by atoms with van der Waals surface area (Å²) in [6.07, 6.45) is 3.64. The smallest absolute Gasteiger partial charge is 0.344 e. The van der Waals surface area contributed by atoms with Crippen LogP contribution in [0, 0.1) is 11.8 Å². The van der Waals surface area contributed by atoms with Crippen LogP contribution in [0.3, 0.4) is 0 Å². The van der Waals surface area contributed by atoms with Crippen LogP contribution in [-0.4, -0.2) is 84.2 Å². The number of nitrogens with zero attached hydrogens (tertiary/aromatic N) is 5. The van der Waals surface area contributed by atoms with Gasteiger partial charge in [-0.2, -0.15) is 4.68 Å². The van der Waals surface area contributed by atoms with Gasteiger partial charge in [0.15, 0.2) is 5.82 Å². The van der Waals surface area contributed by atoms with Crippen molar-refractivity contribution in [2.75, 3.05) is 68.2 Å². The first-order chi connectivity index (χ1) is 16.6. The Labute approximate surface area is 219 Å². The van der Waals surface area contributed by atoms with Gasteiger partial charge in [0.1, 0.15) is 0 Å². The molecule has 10 heteroatoms. The van der Waals surface area contributed by atoms with Gasteiger partial charge in [-0.1, -0.05) is 50.9 Å². The molecule has 35 heavy (non-hydrogen) atoms. The molecule has 1 aromatic carbocycles. The molecule has 3 aliphatic heterocycles. The number of hydrogen-bond acceptors (Lipinski definition) is 7. The average Bonchev–Trinajstić information content (AvgIpc) is 3.59. The second-order valence-corrected chi connectivity index (χ2v) is 9.89. The number of aromatic nitrogens is 2. The van der Waals surface area contributed by atoms with Crippen molar-refractivity contribution in [1.82, 2.24) is 24.9 Å². The fourth-order valence-electron chi connectivity index (χ4n) is 5.04. The summed E-state index contributed by atoms with van der Waals surface area (Å²) in [4.78, 5) is 19.5. The molecule has 2 unspecified atom stereocenters. The Balaban J connectivity index is 0.00000111. The number of rotatable bonds is 5. The molecule has 1 aromatic heterocycles. The predicted octanol–water partition coefficient (Wildman–Crippen LogP) is 4.33. The highest BCUT2D eigenvalue weighted by Gasteiger charge is 2.36. The first-order valence-electron chi connectivity index (χ1n) is 12.2. The van der Waals surface area contributed by atoms with Crippen LogP contribution in [-0.2, 0) is 6.54 Å². The summed E-state index contributed by atoms with van der Waals surface area (Å²) in [7, 11) is 0. The Morgan fingerprint density at radius 2 is 1.83 bits per heavy atom. The molecule has 3 fully saturated rings. The lowest BCUT2D eigenvalue weighted by Crippen LogP contribution is -2.49. The quantitative estimate of drug-likeness (QED) is 0.567. The highest BCUT2D eigenvalue weighted by molar-refractivity contribution is 7.99. The van der Waals surface area contributed by atoms with Gasteiger partial charge in [0.05, 0.1) is 10.7 Å². The van der Waals surface area contributed by atoms with Crippen LogP contribution < -0.4 is 14.9 Å². The maximum absolute atomic E-state index is 12.7. The average molecular weight is 522 g/mol. The normalized spacial score (nSPS) is 21.7. The monoisotopic (exact) mass is 521 g/mol. The maximum atomic E-state index is 12.7. The molecule has 5 rings (SSSR count). The van der Waals surface area contributed by atoms with E-state index in [-0.39, 0.29) is 13.5 Å². The Kier molecular flexibility index (Phi) is 10.1. The molecule has 0 aliphatic carbocycles. The van der Waals surface area contributed by atoms with Gasteiger partial charge in [-0.15, -0.1) is 5.10 Å². The fourth-order valence-corrected chi connectivity index (χ4v) is 5.60. The first-order valence-corrected chi connectivity index (χ1v) is 13.8. The lowest BCUT2D eigenvalue weighted by Gasteiger charge is -2.34. The van der Waals surface area contributed by atoms with Crippen molar-refractivity contribution in [3.63, 3.8) is 0 Å². The maximum Gasteiger partial charge on any atom is 0.344 e. The minimum absolute atomic E-state index is 0. The van der Waals surface area contributed by atoms with Crippen LogP contribution in [0.5, 0.6) is 0 Å². The van der Waals surface area contributed by atoms with Gasteiger partial charge in [-0.05, 0) is 29.5 Å². The lowest BCUT2D eigenvalue weighted by molar-refractivity contribution is 0.134. The van der Waals surface area contributed by atoms with E-state index in [0.717, 1.165) is 62.7 Å². The van der Waals surface area contributed by atoms with Crippen molar-refractivity contribution in [3.8, 4) is 0 Å². The van der Waals surface area contributed by atoms with E-state index in [1.165, 1.54) is 27.9 Å². The molecule has 4 heterocycles. The standard InChI is InChI=1S/C22H30ClN7OS.C2H6.CH4/c1-32-26-21-4-5-30(25-21)22(31)28-8-6-27(7-9-28)13-16-2-3-19(23)20(10-16)29-14-17-11-24-12-18(17)15-29;1-2;/h2-5,10,17-18,24H,6-9,11-15H2,1H3,(H,25,26);1-2H3;1H4. The van der Waals surface area contributed by atoms with Gasteiger partial charge in [-0.3, -0.25) is 4.90 Å². The molecular formula is C25H40ClN7OS. The van der Waals surface area contributed by atoms with Crippen molar-refractivity contribution in [1.29, 1.82) is 0 Å². The van der Waals surface area contributed by atoms with Crippen molar-refractivity contribution in [3.05, 3.63) is 41.0 Å². The van der Waals surface area contributed by atoms with E-state index in [0.29, 0.717) is 18.9 Å². The molecule has 0 radical (unpaired) electrons. The summed E-state index contributed by atoms with van der Waals surface area (Å²) >= 11 is 8.04. The molecule has 8 nitrogen and oxygen atoms in total. The molecule has 2 N–H and O–H groups in total. The van der Waals surface area contributed by atoms with Crippen molar-refractivity contribution in [2.45, 2.75) is 27.8 Å². The van der Waals surface area contributed by atoms with Crippen LogP contribution >= 0.6 is 23.5 Å².